The summed E-state index contributed by atoms with van der Waals surface area (Å²) in [6, 6.07) is 0. The van der Waals surface area contributed by atoms with Crippen molar-refractivity contribution < 1.29 is 5.11 Å². The van der Waals surface area contributed by atoms with Gasteiger partial charge < -0.3 is 10.4 Å². The lowest BCUT2D eigenvalue weighted by atomic mass is 9.98. The van der Waals surface area contributed by atoms with Gasteiger partial charge in [0.05, 0.1) is 12.1 Å². The second-order valence-corrected chi connectivity index (χ2v) is 5.81. The van der Waals surface area contributed by atoms with Crippen LogP contribution in [0.1, 0.15) is 50.8 Å². The van der Waals surface area contributed by atoms with Crippen LogP contribution in [0, 0.1) is 13.8 Å². The molecule has 1 aliphatic rings. The molecule has 0 unspecified atom stereocenters. The molecule has 0 amide bonds. The zero-order chi connectivity index (χ0) is 15.2. The summed E-state index contributed by atoms with van der Waals surface area (Å²) in [5.74, 6) is 0.878. The molecule has 5 heteroatoms. The highest BCUT2D eigenvalue weighted by molar-refractivity contribution is 7.98. The first-order chi connectivity index (χ1) is 9.60. The molecule has 0 aromatic carbocycles. The normalized spacial score (nSPS) is 16.5. The van der Waals surface area contributed by atoms with Crippen LogP contribution < -0.4 is 5.32 Å². The van der Waals surface area contributed by atoms with E-state index >= 15 is 0 Å². The molecule has 0 bridgehead atoms. The van der Waals surface area contributed by atoms with Gasteiger partial charge >= 0.3 is 0 Å². The number of thioether (sulfide) groups is 1. The number of hydrogen-bond donors (Lipinski definition) is 2. The van der Waals surface area contributed by atoms with E-state index in [0.29, 0.717) is 0 Å². The number of rotatable bonds is 4. The first-order valence-corrected chi connectivity index (χ1v) is 8.61. The minimum Gasteiger partial charge on any atom is -0.394 e. The second kappa shape index (κ2) is 7.84. The van der Waals surface area contributed by atoms with Crippen LogP contribution in [-0.2, 0) is 0 Å². The van der Waals surface area contributed by atoms with Crippen molar-refractivity contribution in [3.8, 4) is 0 Å². The van der Waals surface area contributed by atoms with Crippen molar-refractivity contribution in [2.75, 3.05) is 18.2 Å². The van der Waals surface area contributed by atoms with E-state index in [0.717, 1.165) is 35.1 Å². The predicted octanol–water partition coefficient (Wildman–Crippen LogP) is 3.56. The monoisotopic (exact) mass is 297 g/mol. The van der Waals surface area contributed by atoms with Gasteiger partial charge in [0.15, 0.2) is 5.16 Å². The Morgan fingerprint density at radius 2 is 1.80 bits per heavy atom. The summed E-state index contributed by atoms with van der Waals surface area (Å²) in [5.41, 5.74) is 1.90. The molecule has 2 rings (SSSR count). The Morgan fingerprint density at radius 1 is 1.20 bits per heavy atom. The molecule has 20 heavy (non-hydrogen) atoms. The zero-order valence-electron chi connectivity index (χ0n) is 13.3. The minimum absolute atomic E-state index is 0.171. The molecule has 0 aliphatic heterocycles. The van der Waals surface area contributed by atoms with Gasteiger partial charge in [0, 0.05) is 11.3 Å². The number of anilines is 1. The van der Waals surface area contributed by atoms with Gasteiger partial charge in [-0.2, -0.15) is 0 Å². The maximum Gasteiger partial charge on any atom is 0.189 e. The van der Waals surface area contributed by atoms with Gasteiger partial charge in [0.2, 0.25) is 0 Å². The van der Waals surface area contributed by atoms with Gasteiger partial charge in [-0.3, -0.25) is 0 Å². The minimum atomic E-state index is -0.179. The molecule has 1 saturated carbocycles. The number of aromatic nitrogens is 2. The van der Waals surface area contributed by atoms with Crippen molar-refractivity contribution in [3.05, 3.63) is 11.3 Å². The SMILES string of the molecule is CC.CSc1nc(C)c(C)c(NC2(CO)CCCC2)n1. The molecule has 114 valence electrons. The lowest BCUT2D eigenvalue weighted by Gasteiger charge is -2.29. The first kappa shape index (κ1) is 17.2. The molecule has 1 aromatic rings. The maximum absolute atomic E-state index is 9.65. The summed E-state index contributed by atoms with van der Waals surface area (Å²) in [7, 11) is 0. The van der Waals surface area contributed by atoms with Gasteiger partial charge in [-0.25, -0.2) is 9.97 Å². The molecule has 1 aromatic heterocycles. The highest BCUT2D eigenvalue weighted by atomic mass is 32.2. The number of nitrogens with zero attached hydrogens (tertiary/aromatic N) is 2. The Bertz CT molecular complexity index is 431. The molecule has 0 radical (unpaired) electrons. The molecule has 0 saturated heterocycles. The molecule has 2 N–H and O–H groups in total. The fraction of sp³-hybridized carbons (Fsp3) is 0.733. The van der Waals surface area contributed by atoms with E-state index < -0.39 is 0 Å². The third-order valence-corrected chi connectivity index (χ3v) is 4.35. The zero-order valence-corrected chi connectivity index (χ0v) is 14.1. The summed E-state index contributed by atoms with van der Waals surface area (Å²) in [5, 5.41) is 13.9. The van der Waals surface area contributed by atoms with Crippen LogP contribution in [0.3, 0.4) is 0 Å². The van der Waals surface area contributed by atoms with E-state index in [4.69, 9.17) is 0 Å². The number of aliphatic hydroxyl groups excluding tert-OH is 1. The van der Waals surface area contributed by atoms with Gasteiger partial charge in [-0.1, -0.05) is 38.5 Å². The number of aliphatic hydroxyl groups is 1. The van der Waals surface area contributed by atoms with Crippen LogP contribution in [0.2, 0.25) is 0 Å². The summed E-state index contributed by atoms with van der Waals surface area (Å²) in [6.07, 6.45) is 6.35. The molecular formula is C15H27N3OS. The van der Waals surface area contributed by atoms with Crippen molar-refractivity contribution in [2.45, 2.75) is 64.1 Å². The highest BCUT2D eigenvalue weighted by Gasteiger charge is 2.33. The quantitative estimate of drug-likeness (QED) is 0.657. The Morgan fingerprint density at radius 3 is 2.30 bits per heavy atom. The molecule has 0 atom stereocenters. The lowest BCUT2D eigenvalue weighted by molar-refractivity contribution is 0.213. The van der Waals surface area contributed by atoms with Crippen molar-refractivity contribution in [3.63, 3.8) is 0 Å². The van der Waals surface area contributed by atoms with E-state index in [9.17, 15) is 5.11 Å². The summed E-state index contributed by atoms with van der Waals surface area (Å²) >= 11 is 1.55. The average Bonchev–Trinajstić information content (AvgIpc) is 2.95. The van der Waals surface area contributed by atoms with E-state index in [1.807, 2.05) is 34.0 Å². The van der Waals surface area contributed by atoms with Gasteiger partial charge in [0.25, 0.3) is 0 Å². The van der Waals surface area contributed by atoms with E-state index in [2.05, 4.69) is 15.3 Å². The smallest absolute Gasteiger partial charge is 0.189 e. The first-order valence-electron chi connectivity index (χ1n) is 7.38. The van der Waals surface area contributed by atoms with Crippen molar-refractivity contribution in [2.24, 2.45) is 0 Å². The summed E-state index contributed by atoms with van der Waals surface area (Å²) in [4.78, 5) is 8.96. The van der Waals surface area contributed by atoms with E-state index in [-0.39, 0.29) is 12.1 Å². The molecule has 0 spiro atoms. The van der Waals surface area contributed by atoms with Crippen LogP contribution >= 0.6 is 11.8 Å². The van der Waals surface area contributed by atoms with Gasteiger partial charge in [0.1, 0.15) is 5.82 Å². The van der Waals surface area contributed by atoms with Crippen molar-refractivity contribution in [1.82, 2.24) is 9.97 Å². The fourth-order valence-corrected chi connectivity index (χ4v) is 2.85. The Kier molecular flexibility index (Phi) is 6.76. The van der Waals surface area contributed by atoms with Crippen LogP contribution in [0.25, 0.3) is 0 Å². The summed E-state index contributed by atoms with van der Waals surface area (Å²) in [6.45, 7) is 8.20. The Balaban J connectivity index is 0.000000956. The van der Waals surface area contributed by atoms with Gasteiger partial charge in [-0.15, -0.1) is 0 Å². The molecule has 1 aliphatic carbocycles. The summed E-state index contributed by atoms with van der Waals surface area (Å²) < 4.78 is 0. The fourth-order valence-electron chi connectivity index (χ4n) is 2.44. The van der Waals surface area contributed by atoms with Gasteiger partial charge in [-0.05, 0) is 32.9 Å². The average molecular weight is 297 g/mol. The predicted molar refractivity (Wildman–Crippen MR) is 86.5 cm³/mol. The Hall–Kier alpha value is -0.810. The van der Waals surface area contributed by atoms with Crippen LogP contribution in [0.4, 0.5) is 5.82 Å². The standard InChI is InChI=1S/C13H21N3OS.C2H6/c1-9-10(2)14-12(18-3)15-11(9)16-13(8-17)6-4-5-7-13;1-2/h17H,4-8H2,1-3H3,(H,14,15,16);1-2H3. The van der Waals surface area contributed by atoms with E-state index in [1.165, 1.54) is 12.8 Å². The number of hydrogen-bond acceptors (Lipinski definition) is 5. The molecular weight excluding hydrogens is 270 g/mol. The highest BCUT2D eigenvalue weighted by Crippen LogP contribution is 2.33. The van der Waals surface area contributed by atoms with Crippen LogP contribution in [-0.4, -0.2) is 33.5 Å². The Labute approximate surface area is 126 Å². The van der Waals surface area contributed by atoms with Crippen molar-refractivity contribution in [1.29, 1.82) is 0 Å². The van der Waals surface area contributed by atoms with Crippen LogP contribution in [0.5, 0.6) is 0 Å². The topological polar surface area (TPSA) is 58.0 Å². The molecule has 1 heterocycles. The third kappa shape index (κ3) is 3.85. The van der Waals surface area contributed by atoms with Crippen LogP contribution in [0.15, 0.2) is 5.16 Å². The lowest BCUT2D eigenvalue weighted by Crippen LogP contribution is -2.39. The van der Waals surface area contributed by atoms with Crippen molar-refractivity contribution >= 4 is 17.6 Å². The third-order valence-electron chi connectivity index (χ3n) is 3.80. The molecule has 1 fully saturated rings. The van der Waals surface area contributed by atoms with E-state index in [1.54, 1.807) is 11.8 Å². The number of nitrogens with one attached hydrogen (secondary N) is 1. The number of aryl methyl sites for hydroxylation is 1. The maximum atomic E-state index is 9.65. The second-order valence-electron chi connectivity index (χ2n) is 5.04. The molecule has 4 nitrogen and oxygen atoms in total. The largest absolute Gasteiger partial charge is 0.394 e.